The first kappa shape index (κ1) is 13.5. The molecule has 0 aliphatic carbocycles. The van der Waals surface area contributed by atoms with E-state index in [-0.39, 0.29) is 24.7 Å². The van der Waals surface area contributed by atoms with Crippen molar-refractivity contribution in [3.63, 3.8) is 0 Å². The summed E-state index contributed by atoms with van der Waals surface area (Å²) in [4.78, 5) is 13.7. The maximum Gasteiger partial charge on any atom is 0.248 e. The molecule has 1 fully saturated rings. The van der Waals surface area contributed by atoms with Crippen molar-refractivity contribution in [3.8, 4) is 0 Å². The third-order valence-electron chi connectivity index (χ3n) is 3.08. The summed E-state index contributed by atoms with van der Waals surface area (Å²) in [7, 11) is 1.71. The minimum Gasteiger partial charge on any atom is -0.379 e. The summed E-state index contributed by atoms with van der Waals surface area (Å²) in [6.07, 6.45) is 1.27. The minimum atomic E-state index is 0.0719. The largest absolute Gasteiger partial charge is 0.379 e. The van der Waals surface area contributed by atoms with Crippen molar-refractivity contribution < 1.29 is 14.3 Å². The summed E-state index contributed by atoms with van der Waals surface area (Å²) in [6.45, 7) is 7.73. The van der Waals surface area contributed by atoms with Crippen LogP contribution < -0.4 is 0 Å². The second-order valence-electron chi connectivity index (χ2n) is 4.74. The molecule has 0 aromatic carbocycles. The molecule has 2 unspecified atom stereocenters. The predicted octanol–water partition coefficient (Wildman–Crippen LogP) is 1.29. The molecule has 0 spiro atoms. The zero-order chi connectivity index (χ0) is 12.1. The van der Waals surface area contributed by atoms with Gasteiger partial charge in [-0.05, 0) is 26.2 Å². The van der Waals surface area contributed by atoms with Gasteiger partial charge < -0.3 is 14.4 Å². The molecule has 0 bridgehead atoms. The van der Waals surface area contributed by atoms with Gasteiger partial charge in [0.05, 0.1) is 12.2 Å². The lowest BCUT2D eigenvalue weighted by Crippen LogP contribution is -2.47. The Labute approximate surface area is 97.9 Å². The lowest BCUT2D eigenvalue weighted by Gasteiger charge is -2.36. The highest BCUT2D eigenvalue weighted by Gasteiger charge is 2.28. The van der Waals surface area contributed by atoms with Crippen LogP contribution in [-0.2, 0) is 14.3 Å². The molecular formula is C12H23NO3. The standard InChI is InChI=1S/C12H23NO3/c1-9(2)16-8-12(14)13-6-5-10(3)11(7-13)15-4/h9-11H,5-8H2,1-4H3. The molecule has 4 nitrogen and oxygen atoms in total. The number of ether oxygens (including phenoxy) is 2. The quantitative estimate of drug-likeness (QED) is 0.729. The van der Waals surface area contributed by atoms with Crippen LogP contribution in [0, 0.1) is 5.92 Å². The van der Waals surface area contributed by atoms with Crippen molar-refractivity contribution in [1.82, 2.24) is 4.90 Å². The van der Waals surface area contributed by atoms with Gasteiger partial charge in [0.25, 0.3) is 0 Å². The van der Waals surface area contributed by atoms with Crippen LogP contribution in [0.3, 0.4) is 0 Å². The number of methoxy groups -OCH3 is 1. The van der Waals surface area contributed by atoms with Crippen molar-refractivity contribution in [2.75, 3.05) is 26.8 Å². The maximum absolute atomic E-state index is 11.8. The average Bonchev–Trinajstić information content (AvgIpc) is 2.26. The molecule has 0 N–H and O–H groups in total. The van der Waals surface area contributed by atoms with Crippen molar-refractivity contribution in [2.45, 2.75) is 39.4 Å². The molecule has 0 aromatic rings. The summed E-state index contributed by atoms with van der Waals surface area (Å²) >= 11 is 0. The highest BCUT2D eigenvalue weighted by Crippen LogP contribution is 2.19. The van der Waals surface area contributed by atoms with Crippen LogP contribution >= 0.6 is 0 Å². The number of rotatable bonds is 4. The van der Waals surface area contributed by atoms with E-state index in [0.29, 0.717) is 12.5 Å². The Hall–Kier alpha value is -0.610. The topological polar surface area (TPSA) is 38.8 Å². The predicted molar refractivity (Wildman–Crippen MR) is 62.2 cm³/mol. The third kappa shape index (κ3) is 3.76. The molecule has 16 heavy (non-hydrogen) atoms. The van der Waals surface area contributed by atoms with Gasteiger partial charge in [-0.2, -0.15) is 0 Å². The summed E-state index contributed by atoms with van der Waals surface area (Å²) in [5, 5.41) is 0. The van der Waals surface area contributed by atoms with Gasteiger partial charge in [-0.3, -0.25) is 4.79 Å². The lowest BCUT2D eigenvalue weighted by molar-refractivity contribution is -0.142. The van der Waals surface area contributed by atoms with Gasteiger partial charge in [-0.25, -0.2) is 0 Å². The molecule has 2 atom stereocenters. The van der Waals surface area contributed by atoms with Gasteiger partial charge >= 0.3 is 0 Å². The van der Waals surface area contributed by atoms with Crippen molar-refractivity contribution >= 4 is 5.91 Å². The number of likely N-dealkylation sites (tertiary alicyclic amines) is 1. The average molecular weight is 229 g/mol. The third-order valence-corrected chi connectivity index (χ3v) is 3.08. The van der Waals surface area contributed by atoms with Gasteiger partial charge in [0, 0.05) is 20.2 Å². The van der Waals surface area contributed by atoms with Crippen molar-refractivity contribution in [2.24, 2.45) is 5.92 Å². The van der Waals surface area contributed by atoms with Gasteiger partial charge in [0.15, 0.2) is 0 Å². The number of nitrogens with zero attached hydrogens (tertiary/aromatic N) is 1. The smallest absolute Gasteiger partial charge is 0.248 e. The highest BCUT2D eigenvalue weighted by atomic mass is 16.5. The molecule has 1 heterocycles. The summed E-state index contributed by atoms with van der Waals surface area (Å²) in [5.74, 6) is 0.600. The number of amides is 1. The molecule has 0 aromatic heterocycles. The van der Waals surface area contributed by atoms with Crippen molar-refractivity contribution in [1.29, 1.82) is 0 Å². The molecule has 0 radical (unpaired) electrons. The SMILES string of the molecule is COC1CN(C(=O)COC(C)C)CCC1C. The molecule has 1 amide bonds. The number of carbonyl (C=O) groups is 1. The monoisotopic (exact) mass is 229 g/mol. The Morgan fingerprint density at radius 3 is 2.75 bits per heavy atom. The Morgan fingerprint density at radius 2 is 2.19 bits per heavy atom. The molecule has 1 saturated heterocycles. The fourth-order valence-electron chi connectivity index (χ4n) is 1.90. The molecule has 1 aliphatic rings. The zero-order valence-corrected chi connectivity index (χ0v) is 10.7. The number of hydrogen-bond acceptors (Lipinski definition) is 3. The Morgan fingerprint density at radius 1 is 1.50 bits per heavy atom. The van der Waals surface area contributed by atoms with E-state index in [4.69, 9.17) is 9.47 Å². The number of carbonyl (C=O) groups excluding carboxylic acids is 1. The van der Waals surface area contributed by atoms with E-state index in [1.807, 2.05) is 18.7 Å². The van der Waals surface area contributed by atoms with Gasteiger partial charge in [0.1, 0.15) is 6.61 Å². The van der Waals surface area contributed by atoms with Crippen LogP contribution in [0.1, 0.15) is 27.2 Å². The van der Waals surface area contributed by atoms with E-state index in [1.54, 1.807) is 7.11 Å². The molecule has 1 aliphatic heterocycles. The van der Waals surface area contributed by atoms with Crippen LogP contribution in [0.5, 0.6) is 0 Å². The second-order valence-corrected chi connectivity index (χ2v) is 4.74. The van der Waals surface area contributed by atoms with E-state index in [1.165, 1.54) is 0 Å². The van der Waals surface area contributed by atoms with Crippen LogP contribution in [0.4, 0.5) is 0 Å². The number of piperidine rings is 1. The normalized spacial score (nSPS) is 26.2. The Bertz CT molecular complexity index is 230. The maximum atomic E-state index is 11.8. The molecule has 4 heteroatoms. The van der Waals surface area contributed by atoms with Crippen LogP contribution in [0.25, 0.3) is 0 Å². The zero-order valence-electron chi connectivity index (χ0n) is 10.7. The first-order chi connectivity index (χ1) is 7.54. The summed E-state index contributed by atoms with van der Waals surface area (Å²) in [5.41, 5.74) is 0. The molecule has 0 saturated carbocycles. The second kappa shape index (κ2) is 6.21. The van der Waals surface area contributed by atoms with E-state index in [9.17, 15) is 4.79 Å². The fourth-order valence-corrected chi connectivity index (χ4v) is 1.90. The van der Waals surface area contributed by atoms with Crippen LogP contribution in [0.2, 0.25) is 0 Å². The summed E-state index contributed by atoms with van der Waals surface area (Å²) < 4.78 is 10.7. The Kier molecular flexibility index (Phi) is 5.22. The van der Waals surface area contributed by atoms with Gasteiger partial charge in [0.2, 0.25) is 5.91 Å². The fraction of sp³-hybridized carbons (Fsp3) is 0.917. The Balaban J connectivity index is 2.39. The molecule has 94 valence electrons. The van der Waals surface area contributed by atoms with Crippen LogP contribution in [-0.4, -0.2) is 49.8 Å². The minimum absolute atomic E-state index is 0.0719. The van der Waals surface area contributed by atoms with Gasteiger partial charge in [-0.1, -0.05) is 6.92 Å². The first-order valence-electron chi connectivity index (χ1n) is 5.96. The first-order valence-corrected chi connectivity index (χ1v) is 5.96. The summed E-state index contributed by atoms with van der Waals surface area (Å²) in [6, 6.07) is 0. The van der Waals surface area contributed by atoms with E-state index < -0.39 is 0 Å². The van der Waals surface area contributed by atoms with E-state index in [2.05, 4.69) is 6.92 Å². The van der Waals surface area contributed by atoms with Crippen molar-refractivity contribution in [3.05, 3.63) is 0 Å². The number of hydrogen-bond donors (Lipinski definition) is 0. The van der Waals surface area contributed by atoms with E-state index >= 15 is 0 Å². The lowest BCUT2D eigenvalue weighted by atomic mass is 9.96. The van der Waals surface area contributed by atoms with Gasteiger partial charge in [-0.15, -0.1) is 0 Å². The highest BCUT2D eigenvalue weighted by molar-refractivity contribution is 5.77. The molecular weight excluding hydrogens is 206 g/mol. The van der Waals surface area contributed by atoms with E-state index in [0.717, 1.165) is 13.0 Å². The van der Waals surface area contributed by atoms with Crippen LogP contribution in [0.15, 0.2) is 0 Å². The molecule has 1 rings (SSSR count).